The number of fused-ring (bicyclic) bond motifs is 1. The molecule has 0 aromatic heterocycles. The standard InChI is InChI=1S/C14H12O5/c1-3-19-14(17)10-11(15)8-6-4-5-7-9(8)12(16)13(10)18-2/h4-7H,3H2,1-2H3. The van der Waals surface area contributed by atoms with Crippen LogP contribution in [0.3, 0.4) is 0 Å². The van der Waals surface area contributed by atoms with Crippen LogP contribution in [0.15, 0.2) is 35.6 Å². The predicted octanol–water partition coefficient (Wildman–Crippen LogP) is 1.53. The minimum atomic E-state index is -0.841. The number of methoxy groups -OCH3 is 1. The lowest BCUT2D eigenvalue weighted by molar-refractivity contribution is -0.138. The van der Waals surface area contributed by atoms with Crippen LogP contribution in [0.2, 0.25) is 0 Å². The van der Waals surface area contributed by atoms with Gasteiger partial charge in [-0.15, -0.1) is 0 Å². The van der Waals surface area contributed by atoms with Crippen molar-refractivity contribution in [2.24, 2.45) is 0 Å². The first-order chi connectivity index (χ1) is 9.11. The summed E-state index contributed by atoms with van der Waals surface area (Å²) >= 11 is 0. The Balaban J connectivity index is 2.60. The summed E-state index contributed by atoms with van der Waals surface area (Å²) in [5.41, 5.74) is 0.0850. The number of allylic oxidation sites excluding steroid dienone is 1. The molecule has 5 nitrogen and oxygen atoms in total. The van der Waals surface area contributed by atoms with Gasteiger partial charge in [-0.2, -0.15) is 0 Å². The molecule has 0 atom stereocenters. The van der Waals surface area contributed by atoms with Gasteiger partial charge < -0.3 is 9.47 Å². The summed E-state index contributed by atoms with van der Waals surface area (Å²) in [5, 5.41) is 0. The third-order valence-corrected chi connectivity index (χ3v) is 2.76. The van der Waals surface area contributed by atoms with Gasteiger partial charge in [0.1, 0.15) is 0 Å². The number of ketones is 2. The highest BCUT2D eigenvalue weighted by molar-refractivity contribution is 6.34. The van der Waals surface area contributed by atoms with Gasteiger partial charge >= 0.3 is 5.97 Å². The lowest BCUT2D eigenvalue weighted by atomic mass is 9.88. The Labute approximate surface area is 109 Å². The van der Waals surface area contributed by atoms with Crippen molar-refractivity contribution >= 4 is 17.5 Å². The normalized spacial score (nSPS) is 14.2. The number of carbonyl (C=O) groups excluding carboxylic acids is 3. The van der Waals surface area contributed by atoms with Gasteiger partial charge in [-0.25, -0.2) is 4.79 Å². The van der Waals surface area contributed by atoms with Crippen molar-refractivity contribution in [1.29, 1.82) is 0 Å². The van der Waals surface area contributed by atoms with E-state index in [0.29, 0.717) is 0 Å². The minimum absolute atomic E-state index is 0.114. The number of ether oxygens (including phenoxy) is 2. The van der Waals surface area contributed by atoms with Crippen LogP contribution in [-0.4, -0.2) is 31.3 Å². The SMILES string of the molecule is CCOC(=O)C1=C(OC)C(=O)c2ccccc2C1=O. The molecule has 0 radical (unpaired) electrons. The Morgan fingerprint density at radius 3 is 2.21 bits per heavy atom. The highest BCUT2D eigenvalue weighted by Crippen LogP contribution is 2.27. The Morgan fingerprint density at radius 1 is 1.11 bits per heavy atom. The van der Waals surface area contributed by atoms with E-state index in [1.165, 1.54) is 19.2 Å². The van der Waals surface area contributed by atoms with E-state index >= 15 is 0 Å². The molecule has 2 rings (SSSR count). The molecule has 19 heavy (non-hydrogen) atoms. The van der Waals surface area contributed by atoms with Crippen LogP contribution in [0.4, 0.5) is 0 Å². The van der Waals surface area contributed by atoms with Crippen LogP contribution in [0.5, 0.6) is 0 Å². The van der Waals surface area contributed by atoms with Crippen LogP contribution in [0.25, 0.3) is 0 Å². The van der Waals surface area contributed by atoms with E-state index < -0.39 is 17.5 Å². The summed E-state index contributed by atoms with van der Waals surface area (Å²) in [4.78, 5) is 36.2. The van der Waals surface area contributed by atoms with Crippen molar-refractivity contribution in [2.45, 2.75) is 6.92 Å². The van der Waals surface area contributed by atoms with Crippen molar-refractivity contribution in [3.8, 4) is 0 Å². The first-order valence-corrected chi connectivity index (χ1v) is 5.75. The zero-order chi connectivity index (χ0) is 14.0. The number of hydrogen-bond acceptors (Lipinski definition) is 5. The highest BCUT2D eigenvalue weighted by Gasteiger charge is 2.37. The molecule has 0 saturated carbocycles. The number of Topliss-reactive ketones (excluding diaryl/α,β-unsaturated/α-hetero) is 2. The number of hydrogen-bond donors (Lipinski definition) is 0. The molecule has 0 aliphatic heterocycles. The minimum Gasteiger partial charge on any atom is -0.492 e. The summed E-state index contributed by atoms with van der Waals surface area (Å²) in [7, 11) is 1.24. The molecule has 5 heteroatoms. The summed E-state index contributed by atoms with van der Waals surface area (Å²) in [5.74, 6) is -2.14. The molecular formula is C14H12O5. The largest absolute Gasteiger partial charge is 0.492 e. The van der Waals surface area contributed by atoms with Gasteiger partial charge in [-0.1, -0.05) is 24.3 Å². The molecule has 0 fully saturated rings. The first-order valence-electron chi connectivity index (χ1n) is 5.75. The highest BCUT2D eigenvalue weighted by atomic mass is 16.5. The van der Waals surface area contributed by atoms with Gasteiger partial charge in [0.25, 0.3) is 0 Å². The third kappa shape index (κ3) is 2.03. The first kappa shape index (κ1) is 13.0. The lowest BCUT2D eigenvalue weighted by Crippen LogP contribution is -2.28. The molecule has 1 aromatic carbocycles. The maximum atomic E-state index is 12.3. The van der Waals surface area contributed by atoms with Crippen molar-refractivity contribution in [2.75, 3.05) is 13.7 Å². The van der Waals surface area contributed by atoms with Gasteiger partial charge in [0.2, 0.25) is 11.6 Å². The van der Waals surface area contributed by atoms with E-state index in [2.05, 4.69) is 0 Å². The molecule has 0 bridgehead atoms. The smallest absolute Gasteiger partial charge is 0.346 e. The average Bonchev–Trinajstić information content (AvgIpc) is 2.42. The van der Waals surface area contributed by atoms with Gasteiger partial charge in [0.05, 0.1) is 13.7 Å². The zero-order valence-electron chi connectivity index (χ0n) is 10.6. The number of carbonyl (C=O) groups is 3. The van der Waals surface area contributed by atoms with Crippen LogP contribution >= 0.6 is 0 Å². The van der Waals surface area contributed by atoms with E-state index in [4.69, 9.17) is 9.47 Å². The number of rotatable bonds is 3. The molecule has 0 amide bonds. The van der Waals surface area contributed by atoms with E-state index in [9.17, 15) is 14.4 Å². The summed E-state index contributed by atoms with van der Waals surface area (Å²) < 4.78 is 9.72. The predicted molar refractivity (Wildman–Crippen MR) is 65.8 cm³/mol. The number of esters is 1. The monoisotopic (exact) mass is 260 g/mol. The Hall–Kier alpha value is -2.43. The second kappa shape index (κ2) is 5.06. The average molecular weight is 260 g/mol. The molecule has 0 saturated heterocycles. The summed E-state index contributed by atoms with van der Waals surface area (Å²) in [6.07, 6.45) is 0. The van der Waals surface area contributed by atoms with Gasteiger partial charge in [-0.05, 0) is 6.92 Å². The molecule has 0 N–H and O–H groups in total. The summed E-state index contributed by atoms with van der Waals surface area (Å²) in [6.45, 7) is 1.73. The maximum absolute atomic E-state index is 12.3. The fourth-order valence-electron chi connectivity index (χ4n) is 1.94. The molecule has 0 heterocycles. The van der Waals surface area contributed by atoms with Gasteiger partial charge in [-0.3, -0.25) is 9.59 Å². The Bertz CT molecular complexity index is 598. The second-order valence-corrected chi connectivity index (χ2v) is 3.83. The second-order valence-electron chi connectivity index (χ2n) is 3.83. The molecular weight excluding hydrogens is 248 g/mol. The van der Waals surface area contributed by atoms with Crippen LogP contribution in [0, 0.1) is 0 Å². The van der Waals surface area contributed by atoms with E-state index in [1.54, 1.807) is 19.1 Å². The quantitative estimate of drug-likeness (QED) is 0.609. The van der Waals surface area contributed by atoms with Crippen molar-refractivity contribution < 1.29 is 23.9 Å². The van der Waals surface area contributed by atoms with Gasteiger partial charge in [0.15, 0.2) is 11.3 Å². The molecule has 1 aromatic rings. The van der Waals surface area contributed by atoms with E-state index in [-0.39, 0.29) is 29.1 Å². The van der Waals surface area contributed by atoms with Crippen molar-refractivity contribution in [3.05, 3.63) is 46.7 Å². The van der Waals surface area contributed by atoms with Crippen molar-refractivity contribution in [1.82, 2.24) is 0 Å². The molecule has 0 unspecified atom stereocenters. The zero-order valence-corrected chi connectivity index (χ0v) is 10.6. The van der Waals surface area contributed by atoms with Crippen LogP contribution in [-0.2, 0) is 14.3 Å². The van der Waals surface area contributed by atoms with E-state index in [1.807, 2.05) is 0 Å². The summed E-state index contributed by atoms with van der Waals surface area (Å²) in [6, 6.07) is 6.30. The molecule has 1 aliphatic rings. The van der Waals surface area contributed by atoms with E-state index in [0.717, 1.165) is 0 Å². The fourth-order valence-corrected chi connectivity index (χ4v) is 1.94. The van der Waals surface area contributed by atoms with Gasteiger partial charge in [0, 0.05) is 11.1 Å². The Morgan fingerprint density at radius 2 is 1.68 bits per heavy atom. The number of benzene rings is 1. The Kier molecular flexibility index (Phi) is 3.46. The maximum Gasteiger partial charge on any atom is 0.346 e. The van der Waals surface area contributed by atoms with Crippen LogP contribution < -0.4 is 0 Å². The van der Waals surface area contributed by atoms with Crippen LogP contribution in [0.1, 0.15) is 27.6 Å². The lowest BCUT2D eigenvalue weighted by Gasteiger charge is -2.18. The molecule has 1 aliphatic carbocycles. The third-order valence-electron chi connectivity index (χ3n) is 2.76. The fraction of sp³-hybridized carbons (Fsp3) is 0.214. The molecule has 0 spiro atoms. The van der Waals surface area contributed by atoms with Crippen molar-refractivity contribution in [3.63, 3.8) is 0 Å². The molecule has 98 valence electrons. The topological polar surface area (TPSA) is 69.7 Å².